The fraction of sp³-hybridized carbons (Fsp3) is 1.00. The third kappa shape index (κ3) is 0.840. The molecule has 4 heteroatoms. The van der Waals surface area contributed by atoms with Crippen molar-refractivity contribution in [1.82, 2.24) is 0 Å². The number of hydrogen-bond acceptors (Lipinski definition) is 4. The van der Waals surface area contributed by atoms with E-state index in [9.17, 15) is 0 Å². The van der Waals surface area contributed by atoms with Crippen LogP contribution in [0.3, 0.4) is 0 Å². The van der Waals surface area contributed by atoms with Crippen molar-refractivity contribution in [3.8, 4) is 0 Å². The number of rotatable bonds is 1. The van der Waals surface area contributed by atoms with Gasteiger partial charge in [-0.15, -0.1) is 0 Å². The highest BCUT2D eigenvalue weighted by Crippen LogP contribution is 2.45. The van der Waals surface area contributed by atoms with E-state index in [0.717, 1.165) is 0 Å². The maximum Gasteiger partial charge on any atom is 0.239 e. The van der Waals surface area contributed by atoms with Crippen LogP contribution in [0.4, 0.5) is 0 Å². The molecule has 1 aliphatic rings. The molecule has 1 aliphatic carbocycles. The van der Waals surface area contributed by atoms with E-state index in [1.165, 1.54) is 0 Å². The second-order valence-corrected chi connectivity index (χ2v) is 2.87. The maximum atomic E-state index is 8.80. The molecule has 0 heterocycles. The first-order valence-corrected chi connectivity index (χ1v) is 2.90. The summed E-state index contributed by atoms with van der Waals surface area (Å²) in [6.07, 6.45) is 0.580. The van der Waals surface area contributed by atoms with Crippen molar-refractivity contribution in [2.45, 2.75) is 24.8 Å². The van der Waals surface area contributed by atoms with E-state index in [1.807, 2.05) is 6.92 Å². The summed E-state index contributed by atoms with van der Waals surface area (Å²) in [5.74, 6) is -2.09. The Balaban J connectivity index is 2.64. The summed E-state index contributed by atoms with van der Waals surface area (Å²) in [6, 6.07) is 0. The molecule has 1 saturated carbocycles. The third-order valence-corrected chi connectivity index (χ3v) is 2.05. The fourth-order valence-corrected chi connectivity index (χ4v) is 0.961. The molecule has 0 aromatic rings. The van der Waals surface area contributed by atoms with Crippen LogP contribution in [0, 0.1) is 5.92 Å². The Morgan fingerprint density at radius 2 is 2.00 bits per heavy atom. The molecule has 0 spiro atoms. The van der Waals surface area contributed by atoms with Gasteiger partial charge < -0.3 is 15.9 Å². The van der Waals surface area contributed by atoms with E-state index >= 15 is 0 Å². The van der Waals surface area contributed by atoms with Crippen molar-refractivity contribution in [2.75, 3.05) is 0 Å². The molecule has 54 valence electrons. The second-order valence-electron chi connectivity index (χ2n) is 2.87. The first kappa shape index (κ1) is 6.95. The summed E-state index contributed by atoms with van der Waals surface area (Å²) >= 11 is 0. The Bertz CT molecular complexity index is 131. The van der Waals surface area contributed by atoms with Gasteiger partial charge in [-0.3, -0.25) is 5.73 Å². The van der Waals surface area contributed by atoms with Crippen LogP contribution < -0.4 is 11.5 Å². The quantitative estimate of drug-likeness (QED) is 0.321. The molecule has 0 saturated heterocycles. The molecule has 2 atom stereocenters. The van der Waals surface area contributed by atoms with Gasteiger partial charge in [0.15, 0.2) is 0 Å². The van der Waals surface area contributed by atoms with E-state index in [4.69, 9.17) is 21.7 Å². The Morgan fingerprint density at radius 1 is 1.67 bits per heavy atom. The third-order valence-electron chi connectivity index (χ3n) is 2.05. The predicted octanol–water partition coefficient (Wildman–Crippen LogP) is -1.68. The number of hydrogen-bond donors (Lipinski definition) is 4. The molecule has 0 radical (unpaired) electrons. The molecule has 0 aromatic carbocycles. The van der Waals surface area contributed by atoms with Gasteiger partial charge in [-0.25, -0.2) is 0 Å². The van der Waals surface area contributed by atoms with Crippen LogP contribution >= 0.6 is 0 Å². The average Bonchev–Trinajstić information content (AvgIpc) is 2.13. The van der Waals surface area contributed by atoms with Crippen LogP contribution in [-0.4, -0.2) is 21.7 Å². The first-order valence-electron chi connectivity index (χ1n) is 2.90. The van der Waals surface area contributed by atoms with Gasteiger partial charge in [0.25, 0.3) is 0 Å². The van der Waals surface area contributed by atoms with E-state index in [0.29, 0.717) is 6.42 Å². The highest BCUT2D eigenvalue weighted by atomic mass is 16.5. The lowest BCUT2D eigenvalue weighted by molar-refractivity contribution is -0.182. The van der Waals surface area contributed by atoms with Crippen LogP contribution in [0.1, 0.15) is 13.3 Å². The Labute approximate surface area is 53.5 Å². The normalized spacial score (nSPS) is 43.0. The highest BCUT2D eigenvalue weighted by molar-refractivity contribution is 5.11. The second kappa shape index (κ2) is 1.46. The van der Waals surface area contributed by atoms with Crippen molar-refractivity contribution >= 4 is 0 Å². The van der Waals surface area contributed by atoms with Gasteiger partial charge >= 0.3 is 0 Å². The highest BCUT2D eigenvalue weighted by Gasteiger charge is 2.60. The van der Waals surface area contributed by atoms with Crippen molar-refractivity contribution < 1.29 is 10.2 Å². The Hall–Kier alpha value is -0.160. The molecule has 0 amide bonds. The van der Waals surface area contributed by atoms with Gasteiger partial charge in [-0.05, 0) is 12.3 Å². The van der Waals surface area contributed by atoms with E-state index in [-0.39, 0.29) is 5.92 Å². The van der Waals surface area contributed by atoms with E-state index in [1.54, 1.807) is 0 Å². The summed E-state index contributed by atoms with van der Waals surface area (Å²) in [6.45, 7) is 1.83. The van der Waals surface area contributed by atoms with Gasteiger partial charge in [0, 0.05) is 0 Å². The lowest BCUT2D eigenvalue weighted by atomic mass is 10.2. The molecule has 6 N–H and O–H groups in total. The molecule has 4 nitrogen and oxygen atoms in total. The van der Waals surface area contributed by atoms with Crippen LogP contribution in [0.25, 0.3) is 0 Å². The summed E-state index contributed by atoms with van der Waals surface area (Å²) < 4.78 is 0. The van der Waals surface area contributed by atoms with E-state index < -0.39 is 11.4 Å². The minimum absolute atomic E-state index is 0.109. The van der Waals surface area contributed by atoms with Crippen LogP contribution in [0.5, 0.6) is 0 Å². The monoisotopic (exact) mass is 132 g/mol. The van der Waals surface area contributed by atoms with E-state index in [2.05, 4.69) is 0 Å². The summed E-state index contributed by atoms with van der Waals surface area (Å²) in [7, 11) is 0. The van der Waals surface area contributed by atoms with Gasteiger partial charge in [0.05, 0.1) is 5.54 Å². The number of aliphatic hydroxyl groups is 2. The van der Waals surface area contributed by atoms with Gasteiger partial charge in [0.1, 0.15) is 0 Å². The topological polar surface area (TPSA) is 92.5 Å². The minimum Gasteiger partial charge on any atom is -0.352 e. The molecule has 0 aromatic heterocycles. The fourth-order valence-electron chi connectivity index (χ4n) is 0.961. The predicted molar refractivity (Wildman–Crippen MR) is 32.1 cm³/mol. The lowest BCUT2D eigenvalue weighted by Crippen LogP contribution is -2.58. The first-order chi connectivity index (χ1) is 3.88. The van der Waals surface area contributed by atoms with Crippen molar-refractivity contribution in [3.05, 3.63) is 0 Å². The van der Waals surface area contributed by atoms with Gasteiger partial charge in [-0.1, -0.05) is 6.92 Å². The zero-order chi connectivity index (χ0) is 7.28. The summed E-state index contributed by atoms with van der Waals surface area (Å²) in [5.41, 5.74) is 9.43. The standard InChI is InChI=1S/C5H12N2O2/c1-3-2-4(3,6)5(7,8)9/h3,8-9H,2,6-7H2,1H3. The smallest absolute Gasteiger partial charge is 0.239 e. The van der Waals surface area contributed by atoms with Crippen LogP contribution in [0.15, 0.2) is 0 Å². The molecule has 1 fully saturated rings. The molecule has 2 unspecified atom stereocenters. The van der Waals surface area contributed by atoms with Crippen molar-refractivity contribution in [3.63, 3.8) is 0 Å². The van der Waals surface area contributed by atoms with Crippen LogP contribution in [0.2, 0.25) is 0 Å². The Kier molecular flexibility index (Phi) is 1.13. The molecule has 0 aliphatic heterocycles. The summed E-state index contributed by atoms with van der Waals surface area (Å²) in [5, 5.41) is 17.6. The molecule has 0 bridgehead atoms. The zero-order valence-electron chi connectivity index (χ0n) is 5.33. The number of nitrogens with two attached hydrogens (primary N) is 2. The largest absolute Gasteiger partial charge is 0.352 e. The summed E-state index contributed by atoms with van der Waals surface area (Å²) in [4.78, 5) is 0. The van der Waals surface area contributed by atoms with Crippen molar-refractivity contribution in [2.24, 2.45) is 17.4 Å². The SMILES string of the molecule is CC1CC1(N)C(N)(O)O. The molecule has 1 rings (SSSR count). The zero-order valence-corrected chi connectivity index (χ0v) is 5.33. The Morgan fingerprint density at radius 3 is 2.00 bits per heavy atom. The molecular formula is C5H12N2O2. The molecular weight excluding hydrogens is 120 g/mol. The van der Waals surface area contributed by atoms with Crippen LogP contribution in [-0.2, 0) is 0 Å². The maximum absolute atomic E-state index is 8.80. The van der Waals surface area contributed by atoms with Gasteiger partial charge in [0.2, 0.25) is 5.91 Å². The average molecular weight is 132 g/mol. The van der Waals surface area contributed by atoms with Gasteiger partial charge in [-0.2, -0.15) is 0 Å². The minimum atomic E-state index is -2.20. The molecule has 9 heavy (non-hydrogen) atoms. The van der Waals surface area contributed by atoms with Crippen molar-refractivity contribution in [1.29, 1.82) is 0 Å². The lowest BCUT2D eigenvalue weighted by Gasteiger charge is -2.23.